The smallest absolute Gasteiger partial charge is 0.225 e. The van der Waals surface area contributed by atoms with Gasteiger partial charge in [0.2, 0.25) is 5.91 Å². The Morgan fingerprint density at radius 3 is 2.48 bits per heavy atom. The van der Waals surface area contributed by atoms with Crippen molar-refractivity contribution in [3.05, 3.63) is 24.3 Å². The number of carbonyl (C=O) groups excluding carboxylic acids is 1. The molecule has 1 amide bonds. The standard InChI is InChI=1S/C17H24N2O2/c20-17(11-12-18-13-5-6-13)19-14-7-9-16(10-8-14)21-15-3-1-2-4-15/h7-10,13,15,18H,1-6,11-12H2,(H,19,20). The SMILES string of the molecule is O=C(CCNC1CC1)Nc1ccc(OC2CCCC2)cc1. The van der Waals surface area contributed by atoms with Gasteiger partial charge in [-0.1, -0.05) is 0 Å². The quantitative estimate of drug-likeness (QED) is 0.810. The molecule has 0 unspecified atom stereocenters. The summed E-state index contributed by atoms with van der Waals surface area (Å²) in [7, 11) is 0. The van der Waals surface area contributed by atoms with E-state index in [0.717, 1.165) is 30.8 Å². The highest BCUT2D eigenvalue weighted by Crippen LogP contribution is 2.25. The Labute approximate surface area is 126 Å². The van der Waals surface area contributed by atoms with Crippen LogP contribution in [0.25, 0.3) is 0 Å². The van der Waals surface area contributed by atoms with Gasteiger partial charge in [0.15, 0.2) is 0 Å². The number of hydrogen-bond acceptors (Lipinski definition) is 3. The summed E-state index contributed by atoms with van der Waals surface area (Å²) in [4.78, 5) is 11.8. The van der Waals surface area contributed by atoms with Crippen LogP contribution in [0.5, 0.6) is 5.75 Å². The van der Waals surface area contributed by atoms with Crippen LogP contribution < -0.4 is 15.4 Å². The molecule has 114 valence electrons. The Morgan fingerprint density at radius 2 is 1.81 bits per heavy atom. The topological polar surface area (TPSA) is 50.4 Å². The third-order valence-corrected chi connectivity index (χ3v) is 4.11. The van der Waals surface area contributed by atoms with Gasteiger partial charge in [0, 0.05) is 24.7 Å². The fourth-order valence-electron chi connectivity index (χ4n) is 2.72. The summed E-state index contributed by atoms with van der Waals surface area (Å²) in [5.41, 5.74) is 0.838. The Kier molecular flexibility index (Phi) is 4.76. The van der Waals surface area contributed by atoms with Crippen molar-refractivity contribution in [3.8, 4) is 5.75 Å². The van der Waals surface area contributed by atoms with Crippen LogP contribution in [-0.2, 0) is 4.79 Å². The molecule has 1 aromatic rings. The van der Waals surface area contributed by atoms with Gasteiger partial charge in [-0.25, -0.2) is 0 Å². The zero-order valence-corrected chi connectivity index (χ0v) is 12.4. The summed E-state index contributed by atoms with van der Waals surface area (Å²) in [6.07, 6.45) is 8.27. The second-order valence-corrected chi connectivity index (χ2v) is 6.08. The van der Waals surface area contributed by atoms with Gasteiger partial charge in [-0.2, -0.15) is 0 Å². The predicted molar refractivity (Wildman–Crippen MR) is 83.6 cm³/mol. The van der Waals surface area contributed by atoms with E-state index in [-0.39, 0.29) is 5.91 Å². The number of anilines is 1. The highest BCUT2D eigenvalue weighted by Gasteiger charge is 2.20. The monoisotopic (exact) mass is 288 g/mol. The van der Waals surface area contributed by atoms with Gasteiger partial charge in [-0.15, -0.1) is 0 Å². The van der Waals surface area contributed by atoms with Crippen LogP contribution in [0, 0.1) is 0 Å². The lowest BCUT2D eigenvalue weighted by atomic mass is 10.2. The molecule has 2 N–H and O–H groups in total. The van der Waals surface area contributed by atoms with E-state index >= 15 is 0 Å². The number of nitrogens with one attached hydrogen (secondary N) is 2. The van der Waals surface area contributed by atoms with E-state index in [1.807, 2.05) is 24.3 Å². The second-order valence-electron chi connectivity index (χ2n) is 6.08. The van der Waals surface area contributed by atoms with Crippen molar-refractivity contribution in [2.24, 2.45) is 0 Å². The highest BCUT2D eigenvalue weighted by molar-refractivity contribution is 5.90. The van der Waals surface area contributed by atoms with Crippen LogP contribution in [0.3, 0.4) is 0 Å². The first-order chi connectivity index (χ1) is 10.3. The lowest BCUT2D eigenvalue weighted by Crippen LogP contribution is -2.23. The molecule has 4 heteroatoms. The predicted octanol–water partition coefficient (Wildman–Crippen LogP) is 3.09. The minimum atomic E-state index is 0.0626. The molecule has 2 aliphatic carbocycles. The molecule has 0 saturated heterocycles. The maximum Gasteiger partial charge on any atom is 0.225 e. The summed E-state index contributed by atoms with van der Waals surface area (Å²) in [6, 6.07) is 8.37. The molecule has 2 aliphatic rings. The zero-order valence-electron chi connectivity index (χ0n) is 12.4. The van der Waals surface area contributed by atoms with Crippen molar-refractivity contribution in [1.82, 2.24) is 5.32 Å². The number of ether oxygens (including phenoxy) is 1. The van der Waals surface area contributed by atoms with Crippen molar-refractivity contribution >= 4 is 11.6 Å². The average molecular weight is 288 g/mol. The van der Waals surface area contributed by atoms with E-state index < -0.39 is 0 Å². The molecular weight excluding hydrogens is 264 g/mol. The Hall–Kier alpha value is -1.55. The van der Waals surface area contributed by atoms with Crippen LogP contribution in [0.1, 0.15) is 44.9 Å². The number of benzene rings is 1. The third-order valence-electron chi connectivity index (χ3n) is 4.11. The van der Waals surface area contributed by atoms with Crippen molar-refractivity contribution in [1.29, 1.82) is 0 Å². The molecule has 2 saturated carbocycles. The molecule has 0 aromatic heterocycles. The van der Waals surface area contributed by atoms with Gasteiger partial charge >= 0.3 is 0 Å². The molecule has 0 radical (unpaired) electrons. The second kappa shape index (κ2) is 6.94. The number of rotatable bonds is 7. The molecular formula is C17H24N2O2. The molecule has 2 fully saturated rings. The van der Waals surface area contributed by atoms with Gasteiger partial charge in [-0.3, -0.25) is 4.79 Å². The molecule has 4 nitrogen and oxygen atoms in total. The Balaban J connectivity index is 1.41. The van der Waals surface area contributed by atoms with Gasteiger partial charge in [0.1, 0.15) is 5.75 Å². The first kappa shape index (κ1) is 14.4. The van der Waals surface area contributed by atoms with Crippen molar-refractivity contribution in [2.45, 2.75) is 57.1 Å². The number of amides is 1. The zero-order chi connectivity index (χ0) is 14.5. The summed E-state index contributed by atoms with van der Waals surface area (Å²) in [5.74, 6) is 0.961. The van der Waals surface area contributed by atoms with Gasteiger partial charge < -0.3 is 15.4 Å². The minimum absolute atomic E-state index is 0.0626. The van der Waals surface area contributed by atoms with Gasteiger partial charge in [0.25, 0.3) is 0 Å². The van der Waals surface area contributed by atoms with E-state index in [1.165, 1.54) is 25.7 Å². The van der Waals surface area contributed by atoms with Crippen molar-refractivity contribution < 1.29 is 9.53 Å². The van der Waals surface area contributed by atoms with Crippen LogP contribution >= 0.6 is 0 Å². The van der Waals surface area contributed by atoms with Gasteiger partial charge in [0.05, 0.1) is 6.10 Å². The molecule has 0 spiro atoms. The minimum Gasteiger partial charge on any atom is -0.490 e. The van der Waals surface area contributed by atoms with Crippen LogP contribution in [0.4, 0.5) is 5.69 Å². The molecule has 0 bridgehead atoms. The third kappa shape index (κ3) is 4.74. The first-order valence-corrected chi connectivity index (χ1v) is 8.09. The maximum absolute atomic E-state index is 11.8. The Bertz CT molecular complexity index is 462. The summed E-state index contributed by atoms with van der Waals surface area (Å²) in [6.45, 7) is 0.763. The molecule has 0 atom stereocenters. The van der Waals surface area contributed by atoms with Crippen molar-refractivity contribution in [3.63, 3.8) is 0 Å². The fraction of sp³-hybridized carbons (Fsp3) is 0.588. The molecule has 1 aromatic carbocycles. The fourth-order valence-corrected chi connectivity index (χ4v) is 2.72. The molecule has 21 heavy (non-hydrogen) atoms. The normalized spacial score (nSPS) is 18.7. The van der Waals surface area contributed by atoms with Gasteiger partial charge in [-0.05, 0) is 62.8 Å². The maximum atomic E-state index is 11.8. The Morgan fingerprint density at radius 1 is 1.10 bits per heavy atom. The van der Waals surface area contributed by atoms with E-state index in [9.17, 15) is 4.79 Å². The summed E-state index contributed by atoms with van der Waals surface area (Å²) in [5, 5.41) is 6.26. The molecule has 3 rings (SSSR count). The van der Waals surface area contributed by atoms with E-state index in [0.29, 0.717) is 18.6 Å². The van der Waals surface area contributed by atoms with E-state index in [2.05, 4.69) is 10.6 Å². The van der Waals surface area contributed by atoms with E-state index in [4.69, 9.17) is 4.74 Å². The van der Waals surface area contributed by atoms with Crippen molar-refractivity contribution in [2.75, 3.05) is 11.9 Å². The van der Waals surface area contributed by atoms with E-state index in [1.54, 1.807) is 0 Å². The van der Waals surface area contributed by atoms with Crippen LogP contribution in [0.15, 0.2) is 24.3 Å². The lowest BCUT2D eigenvalue weighted by Gasteiger charge is -2.13. The summed E-state index contributed by atoms with van der Waals surface area (Å²) >= 11 is 0. The largest absolute Gasteiger partial charge is 0.490 e. The summed E-state index contributed by atoms with van der Waals surface area (Å²) < 4.78 is 5.91. The number of hydrogen-bond donors (Lipinski definition) is 2. The van der Waals surface area contributed by atoms with Crippen LogP contribution in [-0.4, -0.2) is 24.6 Å². The first-order valence-electron chi connectivity index (χ1n) is 8.09. The number of carbonyl (C=O) groups is 1. The van der Waals surface area contributed by atoms with Crippen LogP contribution in [0.2, 0.25) is 0 Å². The molecule has 0 heterocycles. The average Bonchev–Trinajstić information content (AvgIpc) is 3.16. The lowest BCUT2D eigenvalue weighted by molar-refractivity contribution is -0.116. The molecule has 0 aliphatic heterocycles. The highest BCUT2D eigenvalue weighted by atomic mass is 16.5.